The Bertz CT molecular complexity index is 1640. The van der Waals surface area contributed by atoms with E-state index >= 15 is 0 Å². The van der Waals surface area contributed by atoms with Crippen molar-refractivity contribution in [1.82, 2.24) is 25.1 Å². The SMILES string of the molecule is C=O.CNc1ccc(F)c(COc2cnc3n[nH]c(C)c3c2-c2ccccn2)c1F.COc1ncc(F)cc1C=O.[HH].[HH]. The molecule has 0 aliphatic rings. The largest absolute Gasteiger partial charge is 0.486 e. The molecular weight excluding hydrogens is 541 g/mol. The summed E-state index contributed by atoms with van der Waals surface area (Å²) in [6, 6.07) is 9.10. The summed E-state index contributed by atoms with van der Waals surface area (Å²) in [5, 5.41) is 10.5. The molecule has 0 atom stereocenters. The van der Waals surface area contributed by atoms with Gasteiger partial charge in [-0.25, -0.2) is 23.1 Å². The average molecular weight is 571 g/mol. The van der Waals surface area contributed by atoms with Gasteiger partial charge in [-0.2, -0.15) is 5.10 Å². The summed E-state index contributed by atoms with van der Waals surface area (Å²) in [6.07, 6.45) is 4.64. The van der Waals surface area contributed by atoms with Gasteiger partial charge >= 0.3 is 0 Å². The molecule has 13 heteroatoms. The van der Waals surface area contributed by atoms with Crippen LogP contribution in [0.5, 0.6) is 11.6 Å². The van der Waals surface area contributed by atoms with E-state index in [2.05, 4.69) is 35.2 Å². The lowest BCUT2D eigenvalue weighted by molar-refractivity contribution is -0.0980. The average Bonchev–Trinajstić information content (AvgIpc) is 3.39. The van der Waals surface area contributed by atoms with Gasteiger partial charge in [-0.3, -0.25) is 14.9 Å². The number of H-pyrrole nitrogens is 1. The second-order valence-electron chi connectivity index (χ2n) is 8.06. The molecule has 0 radical (unpaired) electrons. The van der Waals surface area contributed by atoms with Crippen LogP contribution in [0.2, 0.25) is 0 Å². The maximum absolute atomic E-state index is 14.5. The molecule has 41 heavy (non-hydrogen) atoms. The van der Waals surface area contributed by atoms with Gasteiger partial charge in [-0.1, -0.05) is 6.07 Å². The number of ether oxygens (including phenoxy) is 2. The third-order valence-corrected chi connectivity index (χ3v) is 5.64. The van der Waals surface area contributed by atoms with Crippen LogP contribution in [0.1, 0.15) is 24.5 Å². The van der Waals surface area contributed by atoms with Crippen molar-refractivity contribution in [3.8, 4) is 22.9 Å². The molecule has 0 amide bonds. The molecule has 216 valence electrons. The van der Waals surface area contributed by atoms with E-state index in [1.54, 1.807) is 19.3 Å². The zero-order valence-electron chi connectivity index (χ0n) is 22.2. The Labute approximate surface area is 235 Å². The van der Waals surface area contributed by atoms with Crippen LogP contribution in [-0.2, 0) is 11.4 Å². The van der Waals surface area contributed by atoms with Gasteiger partial charge in [0.1, 0.15) is 30.8 Å². The maximum atomic E-state index is 14.5. The fraction of sp³-hybridized carbons (Fsp3) is 0.143. The minimum Gasteiger partial charge on any atom is -0.486 e. The number of hydrogen-bond donors (Lipinski definition) is 2. The Morgan fingerprint density at radius 3 is 2.54 bits per heavy atom. The standard InChI is InChI=1S/C20H17F2N5O.C7H6FNO2.CH2O.2H2/c1-11-17-18(14-5-3-4-8-24-14)16(9-25-20(17)27-26-11)28-10-12-13(21)6-7-15(23-2)19(12)22;1-11-7-5(4-10)2-6(8)3-9-7;1-2;;/h3-9,23H,10H2,1-2H3,(H,25,26,27);2-4H,1H3;1H2;2*1H. The number of pyridine rings is 3. The summed E-state index contributed by atoms with van der Waals surface area (Å²) in [5.74, 6) is -1.40. The molecule has 0 aliphatic carbocycles. The van der Waals surface area contributed by atoms with E-state index in [-0.39, 0.29) is 32.2 Å². The number of carbonyl (C=O) groups excluding carboxylic acids is 2. The van der Waals surface area contributed by atoms with Crippen molar-refractivity contribution in [3.63, 3.8) is 0 Å². The zero-order chi connectivity index (χ0) is 29.9. The quantitative estimate of drug-likeness (QED) is 0.241. The highest BCUT2D eigenvalue weighted by molar-refractivity contribution is 5.96. The van der Waals surface area contributed by atoms with Crippen LogP contribution >= 0.6 is 0 Å². The lowest BCUT2D eigenvalue weighted by Gasteiger charge is -2.14. The number of methoxy groups -OCH3 is 1. The molecule has 1 aromatic carbocycles. The molecule has 0 bridgehead atoms. The topological polar surface area (TPSA) is 132 Å². The van der Waals surface area contributed by atoms with Gasteiger partial charge < -0.3 is 19.6 Å². The Morgan fingerprint density at radius 2 is 1.88 bits per heavy atom. The molecule has 0 saturated heterocycles. The summed E-state index contributed by atoms with van der Waals surface area (Å²) in [4.78, 5) is 30.5. The van der Waals surface area contributed by atoms with Crippen molar-refractivity contribution >= 4 is 29.8 Å². The summed E-state index contributed by atoms with van der Waals surface area (Å²) >= 11 is 0. The Balaban J connectivity index is 0.000000523. The van der Waals surface area contributed by atoms with Gasteiger partial charge in [0, 0.05) is 21.8 Å². The summed E-state index contributed by atoms with van der Waals surface area (Å²) in [7, 11) is 2.94. The molecule has 0 saturated carbocycles. The summed E-state index contributed by atoms with van der Waals surface area (Å²) < 4.78 is 51.6. The fourth-order valence-corrected chi connectivity index (χ4v) is 3.76. The maximum Gasteiger partial charge on any atom is 0.223 e. The Kier molecular flexibility index (Phi) is 10.4. The summed E-state index contributed by atoms with van der Waals surface area (Å²) in [5.41, 5.74) is 2.78. The number of nitrogens with one attached hydrogen (secondary N) is 2. The number of rotatable bonds is 7. The van der Waals surface area contributed by atoms with Crippen LogP contribution in [-0.4, -0.2) is 52.4 Å². The van der Waals surface area contributed by atoms with Crippen molar-refractivity contribution < 1.29 is 35.1 Å². The first-order valence-electron chi connectivity index (χ1n) is 11.8. The number of aromatic nitrogens is 5. The monoisotopic (exact) mass is 570 g/mol. The van der Waals surface area contributed by atoms with Gasteiger partial charge in [0.2, 0.25) is 5.88 Å². The second kappa shape index (κ2) is 14.2. The van der Waals surface area contributed by atoms with Crippen LogP contribution in [0, 0.1) is 24.4 Å². The number of fused-ring (bicyclic) bond motifs is 1. The van der Waals surface area contributed by atoms with Crippen LogP contribution in [0.15, 0.2) is 55.0 Å². The van der Waals surface area contributed by atoms with Crippen molar-refractivity contribution in [2.24, 2.45) is 0 Å². The van der Waals surface area contributed by atoms with E-state index in [4.69, 9.17) is 9.53 Å². The second-order valence-corrected chi connectivity index (χ2v) is 8.06. The Hall–Kier alpha value is -5.33. The number of hydrogen-bond acceptors (Lipinski definition) is 9. The molecule has 5 rings (SSSR count). The van der Waals surface area contributed by atoms with Crippen LogP contribution in [0.4, 0.5) is 18.9 Å². The van der Waals surface area contributed by atoms with Crippen LogP contribution in [0.3, 0.4) is 0 Å². The van der Waals surface area contributed by atoms with Gasteiger partial charge in [0.15, 0.2) is 17.8 Å². The van der Waals surface area contributed by atoms with Gasteiger partial charge in [-0.15, -0.1) is 0 Å². The van der Waals surface area contributed by atoms with Gasteiger partial charge in [0.05, 0.1) is 53.0 Å². The molecule has 0 fully saturated rings. The lowest BCUT2D eigenvalue weighted by Crippen LogP contribution is -2.06. The fourth-order valence-electron chi connectivity index (χ4n) is 3.76. The minimum atomic E-state index is -0.685. The third-order valence-electron chi connectivity index (χ3n) is 5.64. The number of aromatic amines is 1. The van der Waals surface area contributed by atoms with E-state index in [1.165, 1.54) is 25.4 Å². The van der Waals surface area contributed by atoms with Crippen molar-refractivity contribution in [3.05, 3.63) is 89.3 Å². The van der Waals surface area contributed by atoms with Crippen molar-refractivity contribution in [2.75, 3.05) is 19.5 Å². The normalized spacial score (nSPS) is 10.1. The zero-order valence-corrected chi connectivity index (χ0v) is 22.2. The lowest BCUT2D eigenvalue weighted by atomic mass is 10.1. The van der Waals surface area contributed by atoms with Gasteiger partial charge in [0.25, 0.3) is 0 Å². The number of benzene rings is 1. The third kappa shape index (κ3) is 6.82. The van der Waals surface area contributed by atoms with E-state index in [0.29, 0.717) is 28.9 Å². The summed E-state index contributed by atoms with van der Waals surface area (Å²) in [6.45, 7) is 3.57. The molecule has 0 aliphatic heterocycles. The molecule has 10 nitrogen and oxygen atoms in total. The molecule has 2 N–H and O–H groups in total. The number of nitrogens with zero attached hydrogens (tertiary/aromatic N) is 4. The molecule has 0 unspecified atom stereocenters. The van der Waals surface area contributed by atoms with Crippen molar-refractivity contribution in [2.45, 2.75) is 13.5 Å². The molecule has 5 aromatic rings. The number of aldehydes is 1. The molecule has 4 heterocycles. The predicted octanol–water partition coefficient (Wildman–Crippen LogP) is 5.58. The van der Waals surface area contributed by atoms with E-state index in [1.807, 2.05) is 25.8 Å². The molecule has 4 aromatic heterocycles. The van der Waals surface area contributed by atoms with Crippen molar-refractivity contribution in [1.29, 1.82) is 0 Å². The number of carbonyl (C=O) groups is 2. The highest BCUT2D eigenvalue weighted by Crippen LogP contribution is 2.36. The Morgan fingerprint density at radius 1 is 1.10 bits per heavy atom. The van der Waals surface area contributed by atoms with E-state index in [9.17, 15) is 18.0 Å². The van der Waals surface area contributed by atoms with E-state index in [0.717, 1.165) is 23.3 Å². The first kappa shape index (κ1) is 30.2. The minimum absolute atomic E-state index is 0. The smallest absolute Gasteiger partial charge is 0.223 e. The highest BCUT2D eigenvalue weighted by atomic mass is 19.1. The number of aryl methyl sites for hydroxylation is 1. The first-order chi connectivity index (χ1) is 19.9. The van der Waals surface area contributed by atoms with Gasteiger partial charge in [-0.05, 0) is 37.3 Å². The number of halogens is 3. The predicted molar refractivity (Wildman–Crippen MR) is 150 cm³/mol. The number of anilines is 1. The molecule has 0 spiro atoms. The van der Waals surface area contributed by atoms with Crippen LogP contribution in [0.25, 0.3) is 22.3 Å². The molecular formula is C28H29F3N6O4. The first-order valence-corrected chi connectivity index (χ1v) is 11.8. The van der Waals surface area contributed by atoms with E-state index < -0.39 is 17.5 Å². The highest BCUT2D eigenvalue weighted by Gasteiger charge is 2.19. The van der Waals surface area contributed by atoms with Crippen LogP contribution < -0.4 is 14.8 Å².